The van der Waals surface area contributed by atoms with Gasteiger partial charge in [-0.05, 0) is 34.3 Å². The SMILES string of the molecule is CC(C)CCN(C)S(=O)(=O)c1cc(C(=O)O)sc1Br. The average Bonchev–Trinajstić information content (AvgIpc) is 2.68. The monoisotopic (exact) mass is 369 g/mol. The summed E-state index contributed by atoms with van der Waals surface area (Å²) in [6.45, 7) is 4.44. The normalized spacial score (nSPS) is 12.3. The zero-order valence-corrected chi connectivity index (χ0v) is 14.1. The molecule has 0 aliphatic heterocycles. The molecule has 8 heteroatoms. The van der Waals surface area contributed by atoms with Gasteiger partial charge in [0.2, 0.25) is 10.0 Å². The van der Waals surface area contributed by atoms with Crippen molar-refractivity contribution in [3.63, 3.8) is 0 Å². The van der Waals surface area contributed by atoms with E-state index in [9.17, 15) is 13.2 Å². The minimum Gasteiger partial charge on any atom is -0.477 e. The molecule has 1 N–H and O–H groups in total. The van der Waals surface area contributed by atoms with Gasteiger partial charge >= 0.3 is 5.97 Å². The van der Waals surface area contributed by atoms with Crippen LogP contribution < -0.4 is 0 Å². The Kier molecular flexibility index (Phi) is 5.54. The maximum absolute atomic E-state index is 12.3. The minimum atomic E-state index is -3.64. The Bertz CT molecular complexity index is 565. The van der Waals surface area contributed by atoms with Crippen molar-refractivity contribution in [3.8, 4) is 0 Å². The van der Waals surface area contributed by atoms with Crippen molar-refractivity contribution in [3.05, 3.63) is 14.7 Å². The molecule has 1 rings (SSSR count). The van der Waals surface area contributed by atoms with E-state index in [2.05, 4.69) is 15.9 Å². The lowest BCUT2D eigenvalue weighted by atomic mass is 10.1. The van der Waals surface area contributed by atoms with Gasteiger partial charge in [0.05, 0.1) is 3.79 Å². The van der Waals surface area contributed by atoms with Crippen molar-refractivity contribution >= 4 is 43.3 Å². The molecule has 0 spiro atoms. The number of aromatic carboxylic acids is 1. The molecular weight excluding hydrogens is 354 g/mol. The molecule has 0 atom stereocenters. The molecular formula is C11H16BrNO4S2. The molecule has 0 unspecified atom stereocenters. The van der Waals surface area contributed by atoms with Crippen LogP contribution in [-0.4, -0.2) is 37.4 Å². The quantitative estimate of drug-likeness (QED) is 0.836. The molecule has 0 fully saturated rings. The van der Waals surface area contributed by atoms with Crippen LogP contribution in [0.3, 0.4) is 0 Å². The Morgan fingerprint density at radius 1 is 1.53 bits per heavy atom. The number of nitrogens with zero attached hydrogens (tertiary/aromatic N) is 1. The first-order valence-corrected chi connectivity index (χ1v) is 8.70. The third-order valence-corrected chi connectivity index (χ3v) is 6.67. The second kappa shape index (κ2) is 6.34. The standard InChI is InChI=1S/C11H16BrNO4S2/c1-7(2)4-5-13(3)19(16,17)9-6-8(11(14)15)18-10(9)12/h6-7H,4-5H2,1-3H3,(H,14,15). The van der Waals surface area contributed by atoms with Gasteiger partial charge in [-0.25, -0.2) is 17.5 Å². The summed E-state index contributed by atoms with van der Waals surface area (Å²) in [6, 6.07) is 1.19. The van der Waals surface area contributed by atoms with Crippen LogP contribution >= 0.6 is 27.3 Å². The van der Waals surface area contributed by atoms with E-state index in [1.165, 1.54) is 17.4 Å². The molecule has 0 saturated carbocycles. The van der Waals surface area contributed by atoms with Crippen LogP contribution in [-0.2, 0) is 10.0 Å². The van der Waals surface area contributed by atoms with Gasteiger partial charge in [0, 0.05) is 13.6 Å². The van der Waals surface area contributed by atoms with Gasteiger partial charge in [0.1, 0.15) is 9.77 Å². The molecule has 1 heterocycles. The van der Waals surface area contributed by atoms with Crippen LogP contribution in [0.4, 0.5) is 0 Å². The van der Waals surface area contributed by atoms with Crippen molar-refractivity contribution in [2.24, 2.45) is 5.92 Å². The molecule has 0 saturated heterocycles. The van der Waals surface area contributed by atoms with Gasteiger partial charge in [-0.3, -0.25) is 0 Å². The van der Waals surface area contributed by atoms with E-state index >= 15 is 0 Å². The zero-order chi connectivity index (χ0) is 14.8. The van der Waals surface area contributed by atoms with E-state index in [0.717, 1.165) is 17.8 Å². The Morgan fingerprint density at radius 2 is 2.11 bits per heavy atom. The molecule has 1 aromatic rings. The van der Waals surface area contributed by atoms with E-state index in [1.54, 1.807) is 0 Å². The fourth-order valence-electron chi connectivity index (χ4n) is 1.36. The van der Waals surface area contributed by atoms with Gasteiger partial charge in [-0.1, -0.05) is 13.8 Å². The summed E-state index contributed by atoms with van der Waals surface area (Å²) in [5.41, 5.74) is 0. The number of carboxylic acids is 1. The first-order chi connectivity index (χ1) is 8.66. The summed E-state index contributed by atoms with van der Waals surface area (Å²) in [5.74, 6) is -0.727. The predicted molar refractivity (Wildman–Crippen MR) is 78.2 cm³/mol. The second-order valence-corrected chi connectivity index (χ2v) is 8.95. The fourth-order valence-corrected chi connectivity index (χ4v) is 4.90. The Hall–Kier alpha value is -0.440. The number of carboxylic acid groups (broad SMARTS) is 1. The van der Waals surface area contributed by atoms with Crippen LogP contribution in [0.2, 0.25) is 0 Å². The number of carbonyl (C=O) groups is 1. The number of thiophene rings is 1. The molecule has 0 radical (unpaired) electrons. The summed E-state index contributed by atoms with van der Waals surface area (Å²) in [4.78, 5) is 10.9. The maximum Gasteiger partial charge on any atom is 0.345 e. The van der Waals surface area contributed by atoms with Crippen molar-refractivity contribution in [2.45, 2.75) is 25.2 Å². The van der Waals surface area contributed by atoms with Crippen molar-refractivity contribution in [1.82, 2.24) is 4.31 Å². The van der Waals surface area contributed by atoms with Gasteiger partial charge in [-0.15, -0.1) is 11.3 Å². The first kappa shape index (κ1) is 16.6. The second-order valence-electron chi connectivity index (χ2n) is 4.56. The highest BCUT2D eigenvalue weighted by atomic mass is 79.9. The molecule has 19 heavy (non-hydrogen) atoms. The largest absolute Gasteiger partial charge is 0.477 e. The van der Waals surface area contributed by atoms with E-state index in [-0.39, 0.29) is 9.77 Å². The van der Waals surface area contributed by atoms with Crippen molar-refractivity contribution in [1.29, 1.82) is 0 Å². The van der Waals surface area contributed by atoms with E-state index in [4.69, 9.17) is 5.11 Å². The van der Waals surface area contributed by atoms with Gasteiger partial charge in [0.25, 0.3) is 0 Å². The lowest BCUT2D eigenvalue weighted by Crippen LogP contribution is -2.28. The third kappa shape index (κ3) is 4.01. The highest BCUT2D eigenvalue weighted by Gasteiger charge is 2.27. The van der Waals surface area contributed by atoms with Crippen LogP contribution in [0, 0.1) is 5.92 Å². The zero-order valence-electron chi connectivity index (χ0n) is 10.9. The summed E-state index contributed by atoms with van der Waals surface area (Å²) < 4.78 is 26.2. The summed E-state index contributed by atoms with van der Waals surface area (Å²) >= 11 is 4.02. The number of sulfonamides is 1. The molecule has 1 aromatic heterocycles. The predicted octanol–water partition coefficient (Wildman–Crippen LogP) is 2.88. The molecule has 0 bridgehead atoms. The molecule has 0 aromatic carbocycles. The molecule has 108 valence electrons. The Balaban J connectivity index is 3.03. The summed E-state index contributed by atoms with van der Waals surface area (Å²) in [6.07, 6.45) is 0.753. The number of hydrogen-bond donors (Lipinski definition) is 1. The van der Waals surface area contributed by atoms with Gasteiger partial charge in [-0.2, -0.15) is 0 Å². The minimum absolute atomic E-state index is 0.00251. The first-order valence-electron chi connectivity index (χ1n) is 5.65. The lowest BCUT2D eigenvalue weighted by molar-refractivity contribution is 0.0702. The highest BCUT2D eigenvalue weighted by Crippen LogP contribution is 2.33. The van der Waals surface area contributed by atoms with Crippen LogP contribution in [0.1, 0.15) is 29.9 Å². The fraction of sp³-hybridized carbons (Fsp3) is 0.545. The highest BCUT2D eigenvalue weighted by molar-refractivity contribution is 9.11. The van der Waals surface area contributed by atoms with Crippen LogP contribution in [0.15, 0.2) is 14.7 Å². The van der Waals surface area contributed by atoms with Crippen LogP contribution in [0.5, 0.6) is 0 Å². The molecule has 5 nitrogen and oxygen atoms in total. The van der Waals surface area contributed by atoms with E-state index in [1.807, 2.05) is 13.8 Å². The topological polar surface area (TPSA) is 74.7 Å². The average molecular weight is 370 g/mol. The van der Waals surface area contributed by atoms with Crippen molar-refractivity contribution in [2.75, 3.05) is 13.6 Å². The maximum atomic E-state index is 12.3. The van der Waals surface area contributed by atoms with E-state index in [0.29, 0.717) is 16.2 Å². The Morgan fingerprint density at radius 3 is 2.53 bits per heavy atom. The van der Waals surface area contributed by atoms with Gasteiger partial charge in [0.15, 0.2) is 0 Å². The molecule has 0 aliphatic rings. The molecule has 0 amide bonds. The van der Waals surface area contributed by atoms with E-state index < -0.39 is 16.0 Å². The number of halogens is 1. The lowest BCUT2D eigenvalue weighted by Gasteiger charge is -2.17. The number of hydrogen-bond acceptors (Lipinski definition) is 4. The summed E-state index contributed by atoms with van der Waals surface area (Å²) in [7, 11) is -2.14. The third-order valence-electron chi connectivity index (χ3n) is 2.58. The van der Waals surface area contributed by atoms with Gasteiger partial charge < -0.3 is 5.11 Å². The summed E-state index contributed by atoms with van der Waals surface area (Å²) in [5, 5.41) is 8.88. The Labute approximate surface area is 125 Å². The van der Waals surface area contributed by atoms with Crippen LogP contribution in [0.25, 0.3) is 0 Å². The smallest absolute Gasteiger partial charge is 0.345 e. The molecule has 0 aliphatic carbocycles. The van der Waals surface area contributed by atoms with Crippen molar-refractivity contribution < 1.29 is 18.3 Å². The number of rotatable bonds is 6.